The first-order valence-corrected chi connectivity index (χ1v) is 6.40. The molecule has 1 aliphatic rings. The fraction of sp³-hybridized carbons (Fsp3) is 0.571. The van der Waals surface area contributed by atoms with Crippen molar-refractivity contribution >= 4 is 5.69 Å². The lowest BCUT2D eigenvalue weighted by molar-refractivity contribution is 0.183. The van der Waals surface area contributed by atoms with Crippen LogP contribution in [0.5, 0.6) is 11.5 Å². The number of nitrogen functional groups attached to an aromatic ring is 1. The summed E-state index contributed by atoms with van der Waals surface area (Å²) in [6.07, 6.45) is 7.89. The van der Waals surface area contributed by atoms with Gasteiger partial charge in [-0.25, -0.2) is 0 Å². The van der Waals surface area contributed by atoms with Crippen molar-refractivity contribution in [1.29, 1.82) is 0 Å². The summed E-state index contributed by atoms with van der Waals surface area (Å²) in [4.78, 5) is 0. The Hall–Kier alpha value is -1.38. The molecule has 1 aliphatic carbocycles. The van der Waals surface area contributed by atoms with Crippen LogP contribution < -0.4 is 15.2 Å². The van der Waals surface area contributed by atoms with Crippen LogP contribution in [0.3, 0.4) is 0 Å². The molecule has 1 saturated carbocycles. The summed E-state index contributed by atoms with van der Waals surface area (Å²) < 4.78 is 11.1. The quantitative estimate of drug-likeness (QED) is 0.645. The molecule has 0 unspecified atom stereocenters. The number of ether oxygens (including phenoxy) is 2. The van der Waals surface area contributed by atoms with E-state index in [1.807, 2.05) is 18.2 Å². The van der Waals surface area contributed by atoms with E-state index in [4.69, 9.17) is 15.2 Å². The molecule has 1 aromatic carbocycles. The van der Waals surface area contributed by atoms with Gasteiger partial charge in [0.1, 0.15) is 11.5 Å². The largest absolute Gasteiger partial charge is 0.495 e. The lowest BCUT2D eigenvalue weighted by Gasteiger charge is -2.17. The molecule has 0 bridgehead atoms. The van der Waals surface area contributed by atoms with Crippen LogP contribution in [0, 0.1) is 0 Å². The van der Waals surface area contributed by atoms with Crippen molar-refractivity contribution in [1.82, 2.24) is 0 Å². The summed E-state index contributed by atoms with van der Waals surface area (Å²) in [6.45, 7) is 0. The van der Waals surface area contributed by atoms with Crippen LogP contribution in [0.2, 0.25) is 0 Å². The van der Waals surface area contributed by atoms with E-state index in [1.165, 1.54) is 25.7 Å². The molecule has 0 aliphatic heterocycles. The molecule has 0 spiro atoms. The first-order valence-electron chi connectivity index (χ1n) is 6.40. The Morgan fingerprint density at radius 2 is 1.82 bits per heavy atom. The molecule has 1 aromatic rings. The summed E-state index contributed by atoms with van der Waals surface area (Å²) in [7, 11) is 1.62. The van der Waals surface area contributed by atoms with Crippen molar-refractivity contribution in [3.05, 3.63) is 18.2 Å². The van der Waals surface area contributed by atoms with E-state index in [1.54, 1.807) is 7.11 Å². The maximum Gasteiger partial charge on any atom is 0.142 e. The van der Waals surface area contributed by atoms with E-state index >= 15 is 0 Å². The average Bonchev–Trinajstić information content (AvgIpc) is 2.58. The first-order chi connectivity index (χ1) is 8.29. The van der Waals surface area contributed by atoms with Crippen molar-refractivity contribution in [2.45, 2.75) is 44.6 Å². The maximum atomic E-state index is 5.98. The number of methoxy groups -OCH3 is 1. The van der Waals surface area contributed by atoms with Gasteiger partial charge >= 0.3 is 0 Å². The first kappa shape index (κ1) is 12.1. The van der Waals surface area contributed by atoms with Crippen LogP contribution in [0.15, 0.2) is 18.2 Å². The zero-order valence-electron chi connectivity index (χ0n) is 10.4. The number of hydrogen-bond donors (Lipinski definition) is 1. The summed E-state index contributed by atoms with van der Waals surface area (Å²) >= 11 is 0. The fourth-order valence-corrected chi connectivity index (χ4v) is 2.34. The molecule has 3 heteroatoms. The molecule has 94 valence electrons. The Labute approximate surface area is 103 Å². The second-order valence-electron chi connectivity index (χ2n) is 4.64. The van der Waals surface area contributed by atoms with Crippen molar-refractivity contribution in [3.8, 4) is 11.5 Å². The predicted molar refractivity (Wildman–Crippen MR) is 69.5 cm³/mol. The summed E-state index contributed by atoms with van der Waals surface area (Å²) in [5, 5.41) is 0. The molecule has 2 N–H and O–H groups in total. The molecule has 0 aromatic heterocycles. The van der Waals surface area contributed by atoms with Gasteiger partial charge < -0.3 is 15.2 Å². The highest BCUT2D eigenvalue weighted by atomic mass is 16.5. The zero-order valence-corrected chi connectivity index (χ0v) is 10.4. The molecular weight excluding hydrogens is 214 g/mol. The van der Waals surface area contributed by atoms with Crippen LogP contribution in [0.4, 0.5) is 5.69 Å². The van der Waals surface area contributed by atoms with Gasteiger partial charge in [-0.15, -0.1) is 0 Å². The fourth-order valence-electron chi connectivity index (χ4n) is 2.34. The molecule has 1 fully saturated rings. The highest BCUT2D eigenvalue weighted by Gasteiger charge is 2.14. The molecule has 0 saturated heterocycles. The Kier molecular flexibility index (Phi) is 4.13. The van der Waals surface area contributed by atoms with Crippen LogP contribution in [-0.4, -0.2) is 13.2 Å². The molecule has 3 nitrogen and oxygen atoms in total. The van der Waals surface area contributed by atoms with Gasteiger partial charge in [0.05, 0.1) is 18.9 Å². The van der Waals surface area contributed by atoms with Gasteiger partial charge in [-0.2, -0.15) is 0 Å². The number of anilines is 1. The van der Waals surface area contributed by atoms with Gasteiger partial charge in [-0.05, 0) is 37.8 Å². The lowest BCUT2D eigenvalue weighted by atomic mass is 10.1. The number of benzene rings is 1. The van der Waals surface area contributed by atoms with E-state index in [-0.39, 0.29) is 0 Å². The van der Waals surface area contributed by atoms with Gasteiger partial charge in [-0.1, -0.05) is 12.8 Å². The monoisotopic (exact) mass is 235 g/mol. The Bertz CT molecular complexity index is 357. The molecular formula is C14H21NO2. The van der Waals surface area contributed by atoms with Gasteiger partial charge in [-0.3, -0.25) is 0 Å². The predicted octanol–water partition coefficient (Wildman–Crippen LogP) is 3.38. The van der Waals surface area contributed by atoms with E-state index in [0.717, 1.165) is 18.6 Å². The number of rotatable bonds is 3. The second-order valence-corrected chi connectivity index (χ2v) is 4.64. The van der Waals surface area contributed by atoms with Crippen LogP contribution in [0.1, 0.15) is 38.5 Å². The second kappa shape index (κ2) is 5.80. The minimum Gasteiger partial charge on any atom is -0.495 e. The van der Waals surface area contributed by atoms with Gasteiger partial charge in [0.15, 0.2) is 0 Å². The van der Waals surface area contributed by atoms with Gasteiger partial charge in [0.25, 0.3) is 0 Å². The van der Waals surface area contributed by atoms with Gasteiger partial charge in [0, 0.05) is 6.07 Å². The normalized spacial score (nSPS) is 17.5. The Morgan fingerprint density at radius 1 is 1.12 bits per heavy atom. The molecule has 17 heavy (non-hydrogen) atoms. The highest BCUT2D eigenvalue weighted by molar-refractivity contribution is 5.56. The summed E-state index contributed by atoms with van der Waals surface area (Å²) in [5.74, 6) is 1.56. The lowest BCUT2D eigenvalue weighted by Crippen LogP contribution is -2.15. The van der Waals surface area contributed by atoms with Crippen molar-refractivity contribution in [2.24, 2.45) is 0 Å². The number of hydrogen-bond acceptors (Lipinski definition) is 3. The maximum absolute atomic E-state index is 5.98. The van der Waals surface area contributed by atoms with E-state index in [0.29, 0.717) is 17.5 Å². The minimum atomic E-state index is 0.352. The number of nitrogens with two attached hydrogens (primary N) is 1. The Balaban J connectivity index is 1.99. The molecule has 0 heterocycles. The van der Waals surface area contributed by atoms with Crippen LogP contribution >= 0.6 is 0 Å². The van der Waals surface area contributed by atoms with Crippen molar-refractivity contribution < 1.29 is 9.47 Å². The average molecular weight is 235 g/mol. The topological polar surface area (TPSA) is 44.5 Å². The van der Waals surface area contributed by atoms with Crippen molar-refractivity contribution in [3.63, 3.8) is 0 Å². The van der Waals surface area contributed by atoms with Crippen LogP contribution in [-0.2, 0) is 0 Å². The molecule has 0 radical (unpaired) electrons. The van der Waals surface area contributed by atoms with Crippen LogP contribution in [0.25, 0.3) is 0 Å². The van der Waals surface area contributed by atoms with Gasteiger partial charge in [0.2, 0.25) is 0 Å². The van der Waals surface area contributed by atoms with E-state index in [2.05, 4.69) is 0 Å². The molecule has 0 amide bonds. The zero-order chi connectivity index (χ0) is 12.1. The standard InChI is InChI=1S/C14H21NO2/c1-16-14-9-8-12(10-13(14)15)17-11-6-4-2-3-5-7-11/h8-11H,2-7,15H2,1H3. The SMILES string of the molecule is COc1ccc(OC2CCCCCC2)cc1N. The summed E-state index contributed by atoms with van der Waals surface area (Å²) in [6, 6.07) is 5.64. The third-order valence-corrected chi connectivity index (χ3v) is 3.31. The van der Waals surface area contributed by atoms with Crippen molar-refractivity contribution in [2.75, 3.05) is 12.8 Å². The Morgan fingerprint density at radius 3 is 2.41 bits per heavy atom. The minimum absolute atomic E-state index is 0.352. The third kappa shape index (κ3) is 3.29. The summed E-state index contributed by atoms with van der Waals surface area (Å²) in [5.41, 5.74) is 6.50. The van der Waals surface area contributed by atoms with E-state index < -0.39 is 0 Å². The molecule has 0 atom stereocenters. The highest BCUT2D eigenvalue weighted by Crippen LogP contribution is 2.28. The molecule has 2 rings (SSSR count). The third-order valence-electron chi connectivity index (χ3n) is 3.31. The van der Waals surface area contributed by atoms with E-state index in [9.17, 15) is 0 Å². The smallest absolute Gasteiger partial charge is 0.142 e.